The van der Waals surface area contributed by atoms with Crippen LogP contribution in [0.3, 0.4) is 0 Å². The van der Waals surface area contributed by atoms with E-state index in [2.05, 4.69) is 11.4 Å². The average Bonchev–Trinajstić information content (AvgIpc) is 2.46. The molecule has 0 atom stereocenters. The van der Waals surface area contributed by atoms with Gasteiger partial charge in [0.2, 0.25) is 0 Å². The fraction of sp³-hybridized carbons (Fsp3) is 0.133. The molecule has 2 aromatic rings. The molecule has 0 unspecified atom stereocenters. The lowest BCUT2D eigenvalue weighted by atomic mass is 10.1. The van der Waals surface area contributed by atoms with Gasteiger partial charge in [-0.05, 0) is 12.1 Å². The van der Waals surface area contributed by atoms with Crippen molar-refractivity contribution in [3.63, 3.8) is 0 Å². The van der Waals surface area contributed by atoms with Crippen molar-refractivity contribution in [3.8, 4) is 0 Å². The van der Waals surface area contributed by atoms with Gasteiger partial charge in [-0.1, -0.05) is 35.5 Å². The number of hydrogen-bond acceptors (Lipinski definition) is 2. The van der Waals surface area contributed by atoms with Crippen LogP contribution in [0.1, 0.15) is 23.1 Å². The van der Waals surface area contributed by atoms with E-state index in [1.807, 2.05) is 0 Å². The summed E-state index contributed by atoms with van der Waals surface area (Å²) in [5.41, 5.74) is 0.0550. The standard InChI is InChI=1S/C15H10F4NO/c16-13-2-1-3-14(17)12(13)9-21-20-8-10-4-6-11(7-5-10)15(18)19/h1-7,15H,9H2. The molecule has 0 saturated carbocycles. The van der Waals surface area contributed by atoms with Gasteiger partial charge < -0.3 is 4.84 Å². The Bertz CT molecular complexity index is 606. The molecule has 2 nitrogen and oxygen atoms in total. The first-order valence-corrected chi connectivity index (χ1v) is 5.97. The highest BCUT2D eigenvalue weighted by molar-refractivity contribution is 5.79. The maximum atomic E-state index is 13.3. The van der Waals surface area contributed by atoms with Gasteiger partial charge in [-0.15, -0.1) is 0 Å². The second-order valence-corrected chi connectivity index (χ2v) is 4.10. The van der Waals surface area contributed by atoms with Gasteiger partial charge in [0.05, 0.1) is 5.56 Å². The molecule has 0 spiro atoms. The quantitative estimate of drug-likeness (QED) is 0.457. The highest BCUT2D eigenvalue weighted by Crippen LogP contribution is 2.18. The maximum absolute atomic E-state index is 13.3. The van der Waals surface area contributed by atoms with Crippen LogP contribution >= 0.6 is 0 Å². The van der Waals surface area contributed by atoms with Gasteiger partial charge in [0.25, 0.3) is 6.43 Å². The zero-order valence-corrected chi connectivity index (χ0v) is 10.7. The third-order valence-corrected chi connectivity index (χ3v) is 2.67. The van der Waals surface area contributed by atoms with Crippen molar-refractivity contribution in [1.82, 2.24) is 0 Å². The fourth-order valence-corrected chi connectivity index (χ4v) is 1.56. The number of nitrogens with zero attached hydrogens (tertiary/aromatic N) is 1. The number of benzene rings is 2. The molecule has 0 aliphatic heterocycles. The lowest BCUT2D eigenvalue weighted by Crippen LogP contribution is -1.96. The summed E-state index contributed by atoms with van der Waals surface area (Å²) >= 11 is 0. The summed E-state index contributed by atoms with van der Waals surface area (Å²) in [4.78, 5) is 4.75. The Morgan fingerprint density at radius 1 is 1.00 bits per heavy atom. The first kappa shape index (κ1) is 15.0. The summed E-state index contributed by atoms with van der Waals surface area (Å²) in [5.74, 6) is -1.46. The summed E-state index contributed by atoms with van der Waals surface area (Å²) in [5, 5.41) is 3.42. The monoisotopic (exact) mass is 296 g/mol. The Morgan fingerprint density at radius 2 is 1.62 bits per heavy atom. The number of hydrogen-bond donors (Lipinski definition) is 0. The van der Waals surface area contributed by atoms with Crippen molar-refractivity contribution >= 4 is 6.21 Å². The van der Waals surface area contributed by atoms with E-state index in [1.165, 1.54) is 30.3 Å². The Balaban J connectivity index is 1.94. The van der Waals surface area contributed by atoms with Crippen molar-refractivity contribution in [3.05, 3.63) is 70.8 Å². The predicted molar refractivity (Wildman–Crippen MR) is 69.1 cm³/mol. The normalized spacial score (nSPS) is 11.3. The summed E-state index contributed by atoms with van der Waals surface area (Å²) in [6.07, 6.45) is -0.112. The highest BCUT2D eigenvalue weighted by Gasteiger charge is 2.08. The third kappa shape index (κ3) is 4.05. The van der Waals surface area contributed by atoms with Gasteiger partial charge in [-0.25, -0.2) is 17.6 Å². The van der Waals surface area contributed by atoms with E-state index >= 15 is 0 Å². The van der Waals surface area contributed by atoms with Crippen LogP contribution in [0, 0.1) is 11.6 Å². The summed E-state index contributed by atoms with van der Waals surface area (Å²) < 4.78 is 51.2. The van der Waals surface area contributed by atoms with E-state index in [1.54, 1.807) is 0 Å². The molecular weight excluding hydrogens is 286 g/mol. The van der Waals surface area contributed by atoms with Crippen molar-refractivity contribution in [2.24, 2.45) is 5.16 Å². The van der Waals surface area contributed by atoms with E-state index in [0.717, 1.165) is 12.1 Å². The smallest absolute Gasteiger partial charge is 0.263 e. The van der Waals surface area contributed by atoms with E-state index in [-0.39, 0.29) is 17.7 Å². The lowest BCUT2D eigenvalue weighted by molar-refractivity contribution is 0.126. The molecule has 2 rings (SSSR count). The van der Waals surface area contributed by atoms with Crippen molar-refractivity contribution in [1.29, 1.82) is 0 Å². The third-order valence-electron chi connectivity index (χ3n) is 2.67. The molecule has 109 valence electrons. The van der Waals surface area contributed by atoms with Crippen LogP contribution in [-0.4, -0.2) is 6.21 Å². The second-order valence-electron chi connectivity index (χ2n) is 4.10. The van der Waals surface area contributed by atoms with Crippen LogP contribution in [0.15, 0.2) is 47.6 Å². The van der Waals surface area contributed by atoms with Gasteiger partial charge in [-0.3, -0.25) is 0 Å². The Kier molecular flexibility index (Phi) is 4.92. The van der Waals surface area contributed by atoms with Gasteiger partial charge in [-0.2, -0.15) is 0 Å². The van der Waals surface area contributed by atoms with Crippen LogP contribution < -0.4 is 0 Å². The Morgan fingerprint density at radius 3 is 2.19 bits per heavy atom. The lowest BCUT2D eigenvalue weighted by Gasteiger charge is -2.02. The first-order valence-electron chi connectivity index (χ1n) is 5.97. The van der Waals surface area contributed by atoms with Gasteiger partial charge >= 0.3 is 0 Å². The Labute approximate surface area is 118 Å². The molecule has 0 fully saturated rings. The molecular formula is C15H10F4NO. The molecule has 6 heteroatoms. The second kappa shape index (κ2) is 6.88. The van der Waals surface area contributed by atoms with Crippen LogP contribution in [0.2, 0.25) is 0 Å². The van der Waals surface area contributed by atoms with Gasteiger partial charge in [0, 0.05) is 11.1 Å². The molecule has 0 aliphatic rings. The minimum atomic E-state index is -2.55. The molecule has 0 saturated heterocycles. The summed E-state index contributed by atoms with van der Waals surface area (Å²) in [6.45, 7) is -0.388. The molecule has 1 radical (unpaired) electrons. The van der Waals surface area contributed by atoms with Crippen LogP contribution in [0.5, 0.6) is 0 Å². The number of alkyl halides is 2. The molecule has 0 N–H and O–H groups in total. The number of rotatable bonds is 5. The van der Waals surface area contributed by atoms with Gasteiger partial charge in [0.15, 0.2) is 0 Å². The topological polar surface area (TPSA) is 21.6 Å². The molecule has 0 bridgehead atoms. The highest BCUT2D eigenvalue weighted by atomic mass is 19.3. The van der Waals surface area contributed by atoms with E-state index in [9.17, 15) is 17.6 Å². The van der Waals surface area contributed by atoms with Crippen LogP contribution in [-0.2, 0) is 11.4 Å². The fourth-order valence-electron chi connectivity index (χ4n) is 1.56. The summed E-state index contributed by atoms with van der Waals surface area (Å²) in [6, 6.07) is 8.71. The zero-order valence-electron chi connectivity index (χ0n) is 10.7. The van der Waals surface area contributed by atoms with Crippen molar-refractivity contribution in [2.45, 2.75) is 13.0 Å². The minimum absolute atomic E-state index is 0.116. The zero-order chi connectivity index (χ0) is 15.2. The SMILES string of the molecule is Fc1cccc(F)c1CO/N=[C]\c1ccc(C(F)F)cc1. The van der Waals surface area contributed by atoms with Crippen LogP contribution in [0.4, 0.5) is 17.6 Å². The van der Waals surface area contributed by atoms with Crippen LogP contribution in [0.25, 0.3) is 0 Å². The van der Waals surface area contributed by atoms with Crippen molar-refractivity contribution in [2.75, 3.05) is 0 Å². The molecule has 0 heterocycles. The molecule has 2 aromatic carbocycles. The molecule has 0 amide bonds. The molecule has 0 aliphatic carbocycles. The molecule has 21 heavy (non-hydrogen) atoms. The number of halogens is 4. The maximum Gasteiger partial charge on any atom is 0.263 e. The van der Waals surface area contributed by atoms with E-state index in [4.69, 9.17) is 4.84 Å². The average molecular weight is 296 g/mol. The predicted octanol–water partition coefficient (Wildman–Crippen LogP) is 4.33. The Hall–Kier alpha value is -2.37. The van der Waals surface area contributed by atoms with E-state index < -0.39 is 18.1 Å². The molecule has 0 aromatic heterocycles. The van der Waals surface area contributed by atoms with Gasteiger partial charge in [0.1, 0.15) is 24.5 Å². The first-order chi connectivity index (χ1) is 10.1. The summed E-state index contributed by atoms with van der Waals surface area (Å²) in [7, 11) is 0. The largest absolute Gasteiger partial charge is 0.390 e. The van der Waals surface area contributed by atoms with E-state index in [0.29, 0.717) is 5.56 Å². The minimum Gasteiger partial charge on any atom is -0.390 e. The van der Waals surface area contributed by atoms with Crippen molar-refractivity contribution < 1.29 is 22.4 Å².